The number of aromatic nitrogens is 3. The number of nitrogens with one attached hydrogen (secondary N) is 2. The van der Waals surface area contributed by atoms with E-state index in [2.05, 4.69) is 25.4 Å². The monoisotopic (exact) mass is 540 g/mol. The molecule has 4 fully saturated rings. The van der Waals surface area contributed by atoms with E-state index in [0.717, 1.165) is 71.0 Å². The van der Waals surface area contributed by atoms with E-state index in [0.29, 0.717) is 36.8 Å². The average molecular weight is 541 g/mol. The van der Waals surface area contributed by atoms with Crippen LogP contribution in [0.3, 0.4) is 0 Å². The first-order valence-corrected chi connectivity index (χ1v) is 14.2. The quantitative estimate of drug-likeness (QED) is 0.579. The minimum absolute atomic E-state index is 0.0794. The Bertz CT molecular complexity index is 1200. The molecule has 1 atom stereocenters. The number of carbonyl (C=O) groups excluding carboxylic acids is 2. The van der Waals surface area contributed by atoms with Gasteiger partial charge >= 0.3 is 0 Å². The summed E-state index contributed by atoms with van der Waals surface area (Å²) in [6, 6.07) is 3.87. The van der Waals surface area contributed by atoms with E-state index in [-0.39, 0.29) is 40.8 Å². The van der Waals surface area contributed by atoms with Gasteiger partial charge in [0.15, 0.2) is 5.82 Å². The molecule has 2 aliphatic heterocycles. The Morgan fingerprint density at radius 3 is 2.62 bits per heavy atom. The van der Waals surface area contributed by atoms with Gasteiger partial charge in [-0.15, -0.1) is 0 Å². The van der Waals surface area contributed by atoms with Gasteiger partial charge in [-0.1, -0.05) is 0 Å². The van der Waals surface area contributed by atoms with Gasteiger partial charge in [0.1, 0.15) is 5.69 Å². The fourth-order valence-electron chi connectivity index (χ4n) is 6.64. The number of likely N-dealkylation sites (tertiary alicyclic amines) is 1. The van der Waals surface area contributed by atoms with E-state index >= 15 is 0 Å². The number of ether oxygens (including phenoxy) is 2. The molecule has 1 spiro atoms. The van der Waals surface area contributed by atoms with Crippen LogP contribution >= 0.6 is 0 Å². The molecule has 2 saturated heterocycles. The molecule has 2 aromatic heterocycles. The summed E-state index contributed by atoms with van der Waals surface area (Å²) in [6.45, 7) is 4.18. The lowest BCUT2D eigenvalue weighted by Crippen LogP contribution is -2.52. The fourth-order valence-corrected chi connectivity index (χ4v) is 6.64. The number of carbonyl (C=O) groups is 2. The molecule has 0 aromatic carbocycles. The number of methoxy groups -OCH3 is 1. The van der Waals surface area contributed by atoms with Crippen LogP contribution in [0.25, 0.3) is 11.3 Å². The van der Waals surface area contributed by atoms with E-state index in [1.165, 1.54) is 13.2 Å². The molecule has 2 aromatic rings. The second-order valence-electron chi connectivity index (χ2n) is 11.4. The molecular formula is C28H37FN6O4. The second kappa shape index (κ2) is 10.8. The van der Waals surface area contributed by atoms with Crippen LogP contribution in [0, 0.1) is 11.7 Å². The maximum atomic E-state index is 14.4. The maximum Gasteiger partial charge on any atom is 0.272 e. The molecule has 0 bridgehead atoms. The summed E-state index contributed by atoms with van der Waals surface area (Å²) >= 11 is 0. The molecule has 0 unspecified atom stereocenters. The third-order valence-electron chi connectivity index (χ3n) is 9.07. The Morgan fingerprint density at radius 2 is 1.90 bits per heavy atom. The van der Waals surface area contributed by atoms with Gasteiger partial charge in [-0.05, 0) is 57.4 Å². The van der Waals surface area contributed by atoms with Crippen molar-refractivity contribution in [3.63, 3.8) is 0 Å². The number of morpholine rings is 1. The van der Waals surface area contributed by atoms with Gasteiger partial charge in [0.05, 0.1) is 32.2 Å². The number of rotatable bonds is 6. The third kappa shape index (κ3) is 5.38. The minimum atomic E-state index is -0.540. The molecule has 2 aliphatic carbocycles. The van der Waals surface area contributed by atoms with Crippen molar-refractivity contribution >= 4 is 11.8 Å². The number of piperidine rings is 1. The molecule has 2 saturated carbocycles. The average Bonchev–Trinajstić information content (AvgIpc) is 3.54. The van der Waals surface area contributed by atoms with Crippen molar-refractivity contribution < 1.29 is 23.5 Å². The Morgan fingerprint density at radius 1 is 1.13 bits per heavy atom. The van der Waals surface area contributed by atoms with Crippen molar-refractivity contribution in [1.29, 1.82) is 0 Å². The van der Waals surface area contributed by atoms with E-state index in [4.69, 9.17) is 9.47 Å². The Labute approximate surface area is 227 Å². The first-order valence-electron chi connectivity index (χ1n) is 14.2. The molecule has 4 aliphatic rings. The lowest BCUT2D eigenvalue weighted by Gasteiger charge is -2.41. The first kappa shape index (κ1) is 26.2. The van der Waals surface area contributed by atoms with Crippen LogP contribution in [-0.2, 0) is 9.53 Å². The fraction of sp³-hybridized carbons (Fsp3) is 0.643. The number of nitrogens with zero attached hydrogens (tertiary/aromatic N) is 4. The molecule has 4 heterocycles. The number of pyridine rings is 1. The van der Waals surface area contributed by atoms with Crippen LogP contribution in [0.2, 0.25) is 0 Å². The van der Waals surface area contributed by atoms with Gasteiger partial charge in [-0.3, -0.25) is 19.6 Å². The molecule has 39 heavy (non-hydrogen) atoms. The molecule has 2 N–H and O–H groups in total. The van der Waals surface area contributed by atoms with Crippen LogP contribution in [0.15, 0.2) is 18.3 Å². The van der Waals surface area contributed by atoms with Crippen LogP contribution in [-0.4, -0.2) is 94.4 Å². The first-order chi connectivity index (χ1) is 19.0. The van der Waals surface area contributed by atoms with Crippen molar-refractivity contribution in [2.45, 2.75) is 69.0 Å². The van der Waals surface area contributed by atoms with Crippen LogP contribution in [0.4, 0.5) is 4.39 Å². The second-order valence-corrected chi connectivity index (χ2v) is 11.4. The third-order valence-corrected chi connectivity index (χ3v) is 9.07. The van der Waals surface area contributed by atoms with Crippen LogP contribution in [0.5, 0.6) is 5.88 Å². The molecule has 0 radical (unpaired) electrons. The summed E-state index contributed by atoms with van der Waals surface area (Å²) in [5.74, 6) is -0.377. The summed E-state index contributed by atoms with van der Waals surface area (Å²) in [6.07, 6.45) is 8.45. The van der Waals surface area contributed by atoms with Crippen molar-refractivity contribution in [3.05, 3.63) is 29.8 Å². The van der Waals surface area contributed by atoms with E-state index in [1.807, 2.05) is 4.90 Å². The van der Waals surface area contributed by atoms with Crippen molar-refractivity contribution in [2.75, 3.05) is 40.0 Å². The number of hydrogen-bond donors (Lipinski definition) is 2. The highest BCUT2D eigenvalue weighted by atomic mass is 19.1. The normalized spacial score (nSPS) is 26.8. The maximum absolute atomic E-state index is 14.4. The molecular weight excluding hydrogens is 503 g/mol. The zero-order valence-corrected chi connectivity index (χ0v) is 22.5. The van der Waals surface area contributed by atoms with Crippen molar-refractivity contribution in [2.24, 2.45) is 5.92 Å². The summed E-state index contributed by atoms with van der Waals surface area (Å²) in [7, 11) is 1.46. The van der Waals surface area contributed by atoms with Crippen molar-refractivity contribution in [1.82, 2.24) is 30.3 Å². The van der Waals surface area contributed by atoms with E-state index in [1.54, 1.807) is 6.07 Å². The minimum Gasteiger partial charge on any atom is -0.481 e. The zero-order chi connectivity index (χ0) is 27.0. The SMILES string of the molecule is COc1cc(-c2cc(C(=O)N3CC[C@H](C(=O)NC4CCC(N5CCOCC5)CC4)CC34CC4)[nH]n2)c(F)cn1. The predicted molar refractivity (Wildman–Crippen MR) is 141 cm³/mol. The summed E-state index contributed by atoms with van der Waals surface area (Å²) in [5.41, 5.74) is 0.569. The standard InChI is InChI=1S/C28H37FN6O4/c1-38-25-14-21(22(29)17-30-25)23-15-24(33-32-23)27(37)35-9-6-18(16-28(35)7-8-28)26(36)31-19-2-4-20(5-3-19)34-10-12-39-13-11-34/h14-15,17-20H,2-13,16H2,1H3,(H,31,36)(H,32,33)/t18-,19?,20?/m0/s1. The summed E-state index contributed by atoms with van der Waals surface area (Å²) < 4.78 is 24.9. The number of amides is 2. The molecule has 11 heteroatoms. The van der Waals surface area contributed by atoms with Gasteiger partial charge in [-0.2, -0.15) is 5.10 Å². The largest absolute Gasteiger partial charge is 0.481 e. The molecule has 210 valence electrons. The summed E-state index contributed by atoms with van der Waals surface area (Å²) in [5, 5.41) is 10.3. The predicted octanol–water partition coefficient (Wildman–Crippen LogP) is 2.76. The highest BCUT2D eigenvalue weighted by Crippen LogP contribution is 2.50. The number of halogens is 1. The smallest absolute Gasteiger partial charge is 0.272 e. The molecule has 6 rings (SSSR count). The van der Waals surface area contributed by atoms with Crippen molar-refractivity contribution in [3.8, 4) is 17.1 Å². The van der Waals surface area contributed by atoms with Crippen LogP contribution < -0.4 is 10.1 Å². The van der Waals surface area contributed by atoms with Gasteiger partial charge in [0.2, 0.25) is 11.8 Å². The lowest BCUT2D eigenvalue weighted by molar-refractivity contribution is -0.128. The molecule has 2 amide bonds. The number of hydrogen-bond acceptors (Lipinski definition) is 7. The Balaban J connectivity index is 1.04. The number of aromatic amines is 1. The van der Waals surface area contributed by atoms with E-state index in [9.17, 15) is 14.0 Å². The Hall–Kier alpha value is -3.05. The highest BCUT2D eigenvalue weighted by Gasteiger charge is 2.54. The van der Waals surface area contributed by atoms with Crippen LogP contribution in [0.1, 0.15) is 61.9 Å². The van der Waals surface area contributed by atoms with Gasteiger partial charge in [0.25, 0.3) is 5.91 Å². The lowest BCUT2D eigenvalue weighted by atomic mass is 9.86. The van der Waals surface area contributed by atoms with Gasteiger partial charge < -0.3 is 19.7 Å². The number of H-pyrrole nitrogens is 1. The Kier molecular flexibility index (Phi) is 7.28. The zero-order valence-electron chi connectivity index (χ0n) is 22.5. The van der Waals surface area contributed by atoms with Gasteiger partial charge in [0, 0.05) is 54.8 Å². The summed E-state index contributed by atoms with van der Waals surface area (Å²) in [4.78, 5) is 35.0. The molecule has 10 nitrogen and oxygen atoms in total. The topological polar surface area (TPSA) is 113 Å². The van der Waals surface area contributed by atoms with Gasteiger partial charge in [-0.25, -0.2) is 9.37 Å². The highest BCUT2D eigenvalue weighted by molar-refractivity contribution is 5.94. The van der Waals surface area contributed by atoms with E-state index < -0.39 is 5.82 Å².